The van der Waals surface area contributed by atoms with E-state index in [1.165, 1.54) is 30.4 Å². The van der Waals surface area contributed by atoms with E-state index in [1.54, 1.807) is 0 Å². The number of aryl methyl sites for hydroxylation is 2. The lowest BCUT2D eigenvalue weighted by molar-refractivity contribution is -0.167. The third kappa shape index (κ3) is 2.48. The molecule has 5 aliphatic carbocycles. The van der Waals surface area contributed by atoms with E-state index < -0.39 is 5.60 Å². The van der Waals surface area contributed by atoms with Crippen molar-refractivity contribution in [3.8, 4) is 0 Å². The molecule has 5 aliphatic rings. The van der Waals surface area contributed by atoms with Gasteiger partial charge in [0.05, 0.1) is 5.60 Å². The fourth-order valence-electron chi connectivity index (χ4n) is 6.80. The van der Waals surface area contributed by atoms with Crippen molar-refractivity contribution in [1.29, 1.82) is 0 Å². The summed E-state index contributed by atoms with van der Waals surface area (Å²) < 4.78 is 0. The number of fused-ring (bicyclic) bond motifs is 1. The Morgan fingerprint density at radius 3 is 2.62 bits per heavy atom. The molecule has 0 saturated heterocycles. The van der Waals surface area contributed by atoms with Crippen LogP contribution < -0.4 is 5.32 Å². The fraction of sp³-hybridized carbons (Fsp3) is 0.667. The SMILES string of the molecule is O=C(CC12C[C@H]3C[C@@H](CC(O)(C3)C1)C2)Nc1ccc2c(c1)CCC2. The van der Waals surface area contributed by atoms with Gasteiger partial charge in [-0.15, -0.1) is 0 Å². The van der Waals surface area contributed by atoms with Gasteiger partial charge in [-0.25, -0.2) is 0 Å². The molecule has 0 aromatic heterocycles. The van der Waals surface area contributed by atoms with Crippen LogP contribution in [0.1, 0.15) is 62.5 Å². The molecule has 1 amide bonds. The average molecular weight is 325 g/mol. The summed E-state index contributed by atoms with van der Waals surface area (Å²) in [6.45, 7) is 0. The lowest BCUT2D eigenvalue weighted by atomic mass is 9.47. The van der Waals surface area contributed by atoms with Crippen LogP contribution in [-0.4, -0.2) is 16.6 Å². The van der Waals surface area contributed by atoms with Gasteiger partial charge in [-0.2, -0.15) is 0 Å². The maximum absolute atomic E-state index is 12.7. The molecule has 0 spiro atoms. The minimum absolute atomic E-state index is 0.0552. The van der Waals surface area contributed by atoms with Crippen molar-refractivity contribution in [2.75, 3.05) is 5.32 Å². The summed E-state index contributed by atoms with van der Waals surface area (Å²) in [6.07, 6.45) is 10.5. The number of carbonyl (C=O) groups excluding carboxylic acids is 1. The van der Waals surface area contributed by atoms with Crippen LogP contribution in [0.5, 0.6) is 0 Å². The lowest BCUT2D eigenvalue weighted by Gasteiger charge is -2.60. The Morgan fingerprint density at radius 1 is 1.12 bits per heavy atom. The van der Waals surface area contributed by atoms with Gasteiger partial charge in [0.15, 0.2) is 0 Å². The topological polar surface area (TPSA) is 49.3 Å². The van der Waals surface area contributed by atoms with Gasteiger partial charge in [0.25, 0.3) is 0 Å². The number of benzene rings is 1. The summed E-state index contributed by atoms with van der Waals surface area (Å²) in [4.78, 5) is 12.7. The van der Waals surface area contributed by atoms with Gasteiger partial charge in [-0.05, 0) is 98.3 Å². The summed E-state index contributed by atoms with van der Waals surface area (Å²) in [5.41, 5.74) is 3.37. The highest BCUT2D eigenvalue weighted by Gasteiger charge is 2.57. The van der Waals surface area contributed by atoms with E-state index >= 15 is 0 Å². The molecule has 4 bridgehead atoms. The molecule has 3 heteroatoms. The third-order valence-corrected chi connectivity index (χ3v) is 7.07. The summed E-state index contributed by atoms with van der Waals surface area (Å²) in [5, 5.41) is 14.0. The number of anilines is 1. The van der Waals surface area contributed by atoms with Gasteiger partial charge in [0, 0.05) is 12.1 Å². The molecule has 24 heavy (non-hydrogen) atoms. The van der Waals surface area contributed by atoms with Crippen LogP contribution in [0.2, 0.25) is 0 Å². The van der Waals surface area contributed by atoms with Crippen molar-refractivity contribution in [3.05, 3.63) is 29.3 Å². The standard InChI is InChI=1S/C21H27NO2/c23-19(22-18-5-4-16-2-1-3-17(16)7-18)12-20-8-14-6-15(9-20)11-21(24,10-14)13-20/h4-5,7,14-15,24H,1-3,6,8-13H2,(H,22,23)/t14-,15-,20?,21?/m1/s1. The Morgan fingerprint density at radius 2 is 1.88 bits per heavy atom. The largest absolute Gasteiger partial charge is 0.390 e. The van der Waals surface area contributed by atoms with Crippen molar-refractivity contribution < 1.29 is 9.90 Å². The highest BCUT2D eigenvalue weighted by Crippen LogP contribution is 2.62. The molecule has 0 aliphatic heterocycles. The molecule has 4 fully saturated rings. The normalized spacial score (nSPS) is 39.0. The highest BCUT2D eigenvalue weighted by molar-refractivity contribution is 5.91. The second-order valence-corrected chi connectivity index (χ2v) is 9.25. The zero-order valence-corrected chi connectivity index (χ0v) is 14.3. The van der Waals surface area contributed by atoms with E-state index in [4.69, 9.17) is 0 Å². The Labute approximate surface area is 143 Å². The number of amides is 1. The van der Waals surface area contributed by atoms with Crippen LogP contribution >= 0.6 is 0 Å². The quantitative estimate of drug-likeness (QED) is 0.887. The summed E-state index contributed by atoms with van der Waals surface area (Å²) >= 11 is 0. The number of nitrogens with one attached hydrogen (secondary N) is 1. The number of rotatable bonds is 3. The summed E-state index contributed by atoms with van der Waals surface area (Å²) in [5.74, 6) is 1.42. The predicted molar refractivity (Wildman–Crippen MR) is 93.8 cm³/mol. The van der Waals surface area contributed by atoms with E-state index in [0.29, 0.717) is 18.3 Å². The van der Waals surface area contributed by atoms with E-state index in [0.717, 1.165) is 44.2 Å². The van der Waals surface area contributed by atoms with Crippen LogP contribution in [-0.2, 0) is 17.6 Å². The maximum Gasteiger partial charge on any atom is 0.224 e. The molecule has 6 rings (SSSR count). The van der Waals surface area contributed by atoms with Crippen molar-refractivity contribution in [2.24, 2.45) is 17.3 Å². The first kappa shape index (κ1) is 14.9. The maximum atomic E-state index is 12.7. The average Bonchev–Trinajstić information content (AvgIpc) is 2.91. The zero-order chi connectivity index (χ0) is 16.4. The van der Waals surface area contributed by atoms with Gasteiger partial charge >= 0.3 is 0 Å². The molecular formula is C21H27NO2. The number of carbonyl (C=O) groups is 1. The van der Waals surface area contributed by atoms with Crippen molar-refractivity contribution in [1.82, 2.24) is 0 Å². The zero-order valence-electron chi connectivity index (χ0n) is 14.3. The van der Waals surface area contributed by atoms with Gasteiger partial charge in [-0.3, -0.25) is 4.79 Å². The van der Waals surface area contributed by atoms with Crippen LogP contribution in [0.4, 0.5) is 5.69 Å². The second kappa shape index (κ2) is 5.08. The minimum Gasteiger partial charge on any atom is -0.390 e. The molecule has 128 valence electrons. The van der Waals surface area contributed by atoms with E-state index in [9.17, 15) is 9.90 Å². The summed E-state index contributed by atoms with van der Waals surface area (Å²) in [6, 6.07) is 6.38. The first-order valence-corrected chi connectivity index (χ1v) is 9.65. The Hall–Kier alpha value is -1.35. The Kier molecular flexibility index (Phi) is 3.16. The minimum atomic E-state index is -0.474. The van der Waals surface area contributed by atoms with Crippen molar-refractivity contribution in [2.45, 2.75) is 69.8 Å². The predicted octanol–water partition coefficient (Wildman–Crippen LogP) is 3.84. The lowest BCUT2D eigenvalue weighted by Crippen LogP contribution is -2.56. The molecule has 2 atom stereocenters. The van der Waals surface area contributed by atoms with E-state index in [2.05, 4.69) is 23.5 Å². The van der Waals surface area contributed by atoms with E-state index in [1.807, 2.05) is 0 Å². The molecular weight excluding hydrogens is 298 g/mol. The molecule has 0 radical (unpaired) electrons. The van der Waals surface area contributed by atoms with Crippen LogP contribution in [0, 0.1) is 17.3 Å². The van der Waals surface area contributed by atoms with Gasteiger partial charge in [-0.1, -0.05) is 6.07 Å². The molecule has 2 N–H and O–H groups in total. The molecule has 0 unspecified atom stereocenters. The van der Waals surface area contributed by atoms with Gasteiger partial charge < -0.3 is 10.4 Å². The van der Waals surface area contributed by atoms with Crippen LogP contribution in [0.15, 0.2) is 18.2 Å². The highest BCUT2D eigenvalue weighted by atomic mass is 16.3. The third-order valence-electron chi connectivity index (χ3n) is 7.07. The van der Waals surface area contributed by atoms with Gasteiger partial charge in [0.2, 0.25) is 5.91 Å². The molecule has 0 heterocycles. The van der Waals surface area contributed by atoms with Gasteiger partial charge in [0.1, 0.15) is 0 Å². The first-order chi connectivity index (χ1) is 11.5. The first-order valence-electron chi connectivity index (χ1n) is 9.65. The fourth-order valence-corrected chi connectivity index (χ4v) is 6.80. The van der Waals surface area contributed by atoms with Crippen LogP contribution in [0.25, 0.3) is 0 Å². The van der Waals surface area contributed by atoms with Crippen molar-refractivity contribution >= 4 is 11.6 Å². The second-order valence-electron chi connectivity index (χ2n) is 9.25. The molecule has 1 aromatic carbocycles. The Bertz CT molecular complexity index is 681. The van der Waals surface area contributed by atoms with Crippen molar-refractivity contribution in [3.63, 3.8) is 0 Å². The molecule has 4 saturated carbocycles. The monoisotopic (exact) mass is 325 g/mol. The number of aliphatic hydroxyl groups is 1. The van der Waals surface area contributed by atoms with E-state index in [-0.39, 0.29) is 11.3 Å². The number of hydrogen-bond donors (Lipinski definition) is 2. The number of hydrogen-bond acceptors (Lipinski definition) is 2. The molecule has 3 nitrogen and oxygen atoms in total. The molecule has 1 aromatic rings. The van der Waals surface area contributed by atoms with Crippen LogP contribution in [0.3, 0.4) is 0 Å². The summed E-state index contributed by atoms with van der Waals surface area (Å²) in [7, 11) is 0. The smallest absolute Gasteiger partial charge is 0.224 e. The Balaban J connectivity index is 1.30.